The van der Waals surface area contributed by atoms with Crippen LogP contribution in [0.2, 0.25) is 0 Å². The lowest BCUT2D eigenvalue weighted by Crippen LogP contribution is -2.13. The average molecular weight is 270 g/mol. The first-order valence-corrected chi connectivity index (χ1v) is 6.90. The first kappa shape index (κ1) is 12.9. The van der Waals surface area contributed by atoms with Gasteiger partial charge >= 0.3 is 0 Å². The zero-order chi connectivity index (χ0) is 13.8. The Kier molecular flexibility index (Phi) is 3.78. The largest absolute Gasteiger partial charge is 0.343 e. The van der Waals surface area contributed by atoms with Gasteiger partial charge in [-0.3, -0.25) is 0 Å². The van der Waals surface area contributed by atoms with Gasteiger partial charge in [-0.25, -0.2) is 0 Å². The fourth-order valence-corrected chi connectivity index (χ4v) is 2.30. The summed E-state index contributed by atoms with van der Waals surface area (Å²) in [5, 5.41) is 8.52. The molecule has 0 bridgehead atoms. The quantitative estimate of drug-likeness (QED) is 0.699. The molecule has 0 aliphatic carbocycles. The fraction of sp³-hybridized carbons (Fsp3) is 0.333. The lowest BCUT2D eigenvalue weighted by molar-refractivity contribution is 0.408. The molecule has 0 atom stereocenters. The summed E-state index contributed by atoms with van der Waals surface area (Å²) in [6.45, 7) is 4.75. The minimum atomic E-state index is 0.631. The van der Waals surface area contributed by atoms with Crippen LogP contribution < -0.4 is 5.32 Å². The molecule has 1 aromatic carbocycles. The van der Waals surface area contributed by atoms with Crippen LogP contribution in [-0.4, -0.2) is 21.3 Å². The molecule has 3 aromatic rings. The van der Waals surface area contributed by atoms with Crippen LogP contribution in [0, 0.1) is 0 Å². The van der Waals surface area contributed by atoms with Gasteiger partial charge in [0.15, 0.2) is 5.82 Å². The van der Waals surface area contributed by atoms with Gasteiger partial charge < -0.3 is 14.4 Å². The van der Waals surface area contributed by atoms with Crippen LogP contribution >= 0.6 is 0 Å². The first-order valence-electron chi connectivity index (χ1n) is 6.90. The van der Waals surface area contributed by atoms with E-state index in [0.717, 1.165) is 19.5 Å². The third-order valence-corrected chi connectivity index (χ3v) is 3.31. The maximum atomic E-state index is 4.78. The number of nitrogens with one attached hydrogen (secondary N) is 1. The average Bonchev–Trinajstić information content (AvgIpc) is 3.10. The molecule has 0 fully saturated rings. The van der Waals surface area contributed by atoms with E-state index in [-0.39, 0.29) is 0 Å². The smallest absolute Gasteiger partial charge is 0.213 e. The Labute approximate surface area is 117 Å². The predicted molar refractivity (Wildman–Crippen MR) is 77.3 cm³/mol. The normalized spacial score (nSPS) is 11.2. The van der Waals surface area contributed by atoms with Crippen molar-refractivity contribution >= 4 is 10.9 Å². The summed E-state index contributed by atoms with van der Waals surface area (Å²) in [6.07, 6.45) is 4.57. The molecule has 5 nitrogen and oxygen atoms in total. The number of aromatic nitrogens is 3. The first-order chi connectivity index (χ1) is 9.86. The molecule has 0 unspecified atom stereocenters. The van der Waals surface area contributed by atoms with Crippen LogP contribution in [0.1, 0.15) is 24.7 Å². The van der Waals surface area contributed by atoms with E-state index in [4.69, 9.17) is 4.52 Å². The maximum Gasteiger partial charge on any atom is 0.213 e. The minimum absolute atomic E-state index is 0.631. The minimum Gasteiger partial charge on any atom is -0.343 e. The Balaban J connectivity index is 1.83. The molecule has 20 heavy (non-hydrogen) atoms. The maximum absolute atomic E-state index is 4.78. The van der Waals surface area contributed by atoms with E-state index in [1.165, 1.54) is 22.9 Å². The van der Waals surface area contributed by atoms with Crippen molar-refractivity contribution in [2.75, 3.05) is 6.54 Å². The summed E-state index contributed by atoms with van der Waals surface area (Å²) >= 11 is 0. The number of benzene rings is 1. The second-order valence-corrected chi connectivity index (χ2v) is 4.86. The standard InChI is InChI=1S/C15H18N4O/c1-2-6-16-9-12-3-4-13-5-7-19(14(13)8-12)10-15-17-11-20-18-15/h3-5,7-8,11,16H,2,6,9-10H2,1H3. The fourth-order valence-electron chi connectivity index (χ4n) is 2.30. The van der Waals surface area contributed by atoms with Gasteiger partial charge in [-0.05, 0) is 36.0 Å². The van der Waals surface area contributed by atoms with Crippen molar-refractivity contribution in [2.45, 2.75) is 26.4 Å². The van der Waals surface area contributed by atoms with Crippen molar-refractivity contribution in [3.8, 4) is 0 Å². The van der Waals surface area contributed by atoms with E-state index in [1.807, 2.05) is 0 Å². The van der Waals surface area contributed by atoms with Crippen molar-refractivity contribution in [3.63, 3.8) is 0 Å². The second kappa shape index (κ2) is 5.88. The molecule has 104 valence electrons. The summed E-state index contributed by atoms with van der Waals surface area (Å²) in [5.41, 5.74) is 2.49. The number of rotatable bonds is 6. The summed E-state index contributed by atoms with van der Waals surface area (Å²) in [5.74, 6) is 0.692. The molecule has 0 radical (unpaired) electrons. The van der Waals surface area contributed by atoms with Gasteiger partial charge in [0.2, 0.25) is 6.39 Å². The van der Waals surface area contributed by atoms with Crippen molar-refractivity contribution in [3.05, 3.63) is 48.2 Å². The van der Waals surface area contributed by atoms with Gasteiger partial charge in [-0.2, -0.15) is 4.98 Å². The van der Waals surface area contributed by atoms with E-state index in [0.29, 0.717) is 12.4 Å². The lowest BCUT2D eigenvalue weighted by Gasteiger charge is -2.06. The molecule has 1 N–H and O–H groups in total. The Bertz CT molecular complexity index is 672. The Morgan fingerprint density at radius 3 is 3.05 bits per heavy atom. The van der Waals surface area contributed by atoms with Crippen LogP contribution in [0.15, 0.2) is 41.4 Å². The Morgan fingerprint density at radius 2 is 2.25 bits per heavy atom. The number of hydrogen-bond donors (Lipinski definition) is 1. The van der Waals surface area contributed by atoms with Crippen molar-refractivity contribution < 1.29 is 4.52 Å². The van der Waals surface area contributed by atoms with Crippen molar-refractivity contribution in [1.29, 1.82) is 0 Å². The van der Waals surface area contributed by atoms with E-state index in [9.17, 15) is 0 Å². The molecular formula is C15H18N4O. The Morgan fingerprint density at radius 1 is 1.30 bits per heavy atom. The van der Waals surface area contributed by atoms with Crippen LogP contribution in [0.3, 0.4) is 0 Å². The van der Waals surface area contributed by atoms with Gasteiger partial charge in [0.05, 0.1) is 6.54 Å². The Hall–Kier alpha value is -2.14. The number of hydrogen-bond acceptors (Lipinski definition) is 4. The molecule has 0 saturated carbocycles. The third-order valence-electron chi connectivity index (χ3n) is 3.31. The highest BCUT2D eigenvalue weighted by Gasteiger charge is 2.05. The van der Waals surface area contributed by atoms with Crippen LogP contribution in [0.5, 0.6) is 0 Å². The van der Waals surface area contributed by atoms with Gasteiger partial charge in [0, 0.05) is 18.3 Å². The van der Waals surface area contributed by atoms with E-state index in [1.54, 1.807) is 0 Å². The third kappa shape index (κ3) is 2.72. The molecule has 0 spiro atoms. The van der Waals surface area contributed by atoms with Crippen molar-refractivity contribution in [2.24, 2.45) is 0 Å². The topological polar surface area (TPSA) is 55.9 Å². The molecule has 2 aromatic heterocycles. The van der Waals surface area contributed by atoms with E-state index >= 15 is 0 Å². The zero-order valence-electron chi connectivity index (χ0n) is 11.5. The van der Waals surface area contributed by atoms with Crippen LogP contribution in [-0.2, 0) is 13.1 Å². The highest BCUT2D eigenvalue weighted by atomic mass is 16.5. The van der Waals surface area contributed by atoms with E-state index < -0.39 is 0 Å². The molecule has 0 aliphatic heterocycles. The lowest BCUT2D eigenvalue weighted by atomic mass is 10.1. The molecule has 0 saturated heterocycles. The van der Waals surface area contributed by atoms with Crippen molar-refractivity contribution in [1.82, 2.24) is 20.0 Å². The molecular weight excluding hydrogens is 252 g/mol. The number of nitrogens with zero attached hydrogens (tertiary/aromatic N) is 3. The summed E-state index contributed by atoms with van der Waals surface area (Å²) in [4.78, 5) is 4.07. The van der Waals surface area contributed by atoms with E-state index in [2.05, 4.69) is 57.4 Å². The number of fused-ring (bicyclic) bond motifs is 1. The summed E-state index contributed by atoms with van der Waals surface area (Å²) in [6, 6.07) is 8.66. The van der Waals surface area contributed by atoms with Gasteiger partial charge in [-0.1, -0.05) is 24.2 Å². The van der Waals surface area contributed by atoms with Gasteiger partial charge in [-0.15, -0.1) is 0 Å². The monoisotopic (exact) mass is 270 g/mol. The predicted octanol–water partition coefficient (Wildman–Crippen LogP) is 2.57. The second-order valence-electron chi connectivity index (χ2n) is 4.86. The van der Waals surface area contributed by atoms with Gasteiger partial charge in [0.25, 0.3) is 0 Å². The molecule has 5 heteroatoms. The highest BCUT2D eigenvalue weighted by Crippen LogP contribution is 2.18. The zero-order valence-corrected chi connectivity index (χ0v) is 11.5. The molecule has 0 amide bonds. The summed E-state index contributed by atoms with van der Waals surface area (Å²) < 4.78 is 6.92. The van der Waals surface area contributed by atoms with Crippen LogP contribution in [0.25, 0.3) is 10.9 Å². The molecule has 0 aliphatic rings. The highest BCUT2D eigenvalue weighted by molar-refractivity contribution is 5.80. The molecule has 2 heterocycles. The SMILES string of the molecule is CCCNCc1ccc2ccn(Cc3ncon3)c2c1. The van der Waals surface area contributed by atoms with Gasteiger partial charge in [0.1, 0.15) is 0 Å². The molecule has 3 rings (SSSR count). The summed E-state index contributed by atoms with van der Waals surface area (Å²) in [7, 11) is 0. The van der Waals surface area contributed by atoms with Crippen LogP contribution in [0.4, 0.5) is 0 Å².